The van der Waals surface area contributed by atoms with Crippen molar-refractivity contribution in [1.29, 1.82) is 0 Å². The Morgan fingerprint density at radius 1 is 1.00 bits per heavy atom. The molecule has 0 saturated carbocycles. The van der Waals surface area contributed by atoms with Crippen LogP contribution in [0, 0.1) is 4.77 Å². The Labute approximate surface area is 120 Å². The minimum Gasteiger partial charge on any atom is -0.256 e. The van der Waals surface area contributed by atoms with Crippen LogP contribution in [0.1, 0.15) is 19.3 Å². The summed E-state index contributed by atoms with van der Waals surface area (Å²) in [5.74, 6) is 0. The van der Waals surface area contributed by atoms with Crippen molar-refractivity contribution in [2.24, 2.45) is 0 Å². The van der Waals surface area contributed by atoms with E-state index < -0.39 is 0 Å². The van der Waals surface area contributed by atoms with E-state index in [4.69, 9.17) is 23.8 Å². The lowest BCUT2D eigenvalue weighted by atomic mass is 10.2. The molecule has 2 aromatic rings. The molecule has 2 heterocycles. The standard InChI is InChI=1S/C13H14ClN3OS/c14-10-4-6-11(7-5-10)17-12(18)15-8-2-1-3-9-16(15)13(17)19/h4-7H,1-3,8-9H2. The number of hydrogen-bond acceptors (Lipinski definition) is 2. The Hall–Kier alpha value is -1.33. The molecule has 3 rings (SSSR count). The van der Waals surface area contributed by atoms with Crippen LogP contribution in [0.25, 0.3) is 5.69 Å². The van der Waals surface area contributed by atoms with Gasteiger partial charge in [0.15, 0.2) is 0 Å². The van der Waals surface area contributed by atoms with Gasteiger partial charge in [0, 0.05) is 18.1 Å². The summed E-state index contributed by atoms with van der Waals surface area (Å²) < 4.78 is 5.81. The van der Waals surface area contributed by atoms with Gasteiger partial charge in [-0.05, 0) is 55.7 Å². The van der Waals surface area contributed by atoms with E-state index in [0.29, 0.717) is 9.79 Å². The summed E-state index contributed by atoms with van der Waals surface area (Å²) in [6.07, 6.45) is 3.24. The maximum absolute atomic E-state index is 12.5. The molecule has 0 atom stereocenters. The predicted octanol–water partition coefficient (Wildman–Crippen LogP) is 3.01. The topological polar surface area (TPSA) is 31.9 Å². The van der Waals surface area contributed by atoms with Crippen LogP contribution in [0.3, 0.4) is 0 Å². The van der Waals surface area contributed by atoms with Crippen LogP contribution in [0.4, 0.5) is 0 Å². The number of halogens is 1. The van der Waals surface area contributed by atoms with Crippen molar-refractivity contribution < 1.29 is 0 Å². The van der Waals surface area contributed by atoms with Gasteiger partial charge in [-0.15, -0.1) is 0 Å². The largest absolute Gasteiger partial charge is 0.349 e. The van der Waals surface area contributed by atoms with Crippen molar-refractivity contribution in [3.05, 3.63) is 44.5 Å². The number of rotatable bonds is 1. The lowest BCUT2D eigenvalue weighted by Gasteiger charge is -2.03. The van der Waals surface area contributed by atoms with Crippen LogP contribution in [0.5, 0.6) is 0 Å². The fraction of sp³-hybridized carbons (Fsp3) is 0.385. The molecule has 0 N–H and O–H groups in total. The molecule has 1 aliphatic heterocycles. The third kappa shape index (κ3) is 2.17. The van der Waals surface area contributed by atoms with E-state index >= 15 is 0 Å². The number of fused-ring (bicyclic) bond motifs is 1. The van der Waals surface area contributed by atoms with Crippen molar-refractivity contribution >= 4 is 23.8 Å². The first-order valence-electron chi connectivity index (χ1n) is 6.37. The van der Waals surface area contributed by atoms with Crippen molar-refractivity contribution in [2.45, 2.75) is 32.4 Å². The molecule has 0 unspecified atom stereocenters. The Bertz CT molecular complexity index is 673. The molecule has 1 aliphatic rings. The second-order valence-electron chi connectivity index (χ2n) is 4.68. The molecule has 0 bridgehead atoms. The van der Waals surface area contributed by atoms with Crippen LogP contribution < -0.4 is 5.69 Å². The van der Waals surface area contributed by atoms with E-state index in [9.17, 15) is 4.79 Å². The average Bonchev–Trinajstić information content (AvgIpc) is 2.61. The monoisotopic (exact) mass is 295 g/mol. The summed E-state index contributed by atoms with van der Waals surface area (Å²) >= 11 is 11.3. The van der Waals surface area contributed by atoms with Gasteiger partial charge in [-0.2, -0.15) is 0 Å². The Morgan fingerprint density at radius 3 is 2.32 bits per heavy atom. The fourth-order valence-corrected chi connectivity index (χ4v) is 2.96. The lowest BCUT2D eigenvalue weighted by molar-refractivity contribution is 0.472. The van der Waals surface area contributed by atoms with Gasteiger partial charge in [0.25, 0.3) is 0 Å². The fourth-order valence-electron chi connectivity index (χ4n) is 2.46. The first kappa shape index (κ1) is 12.7. The van der Waals surface area contributed by atoms with Gasteiger partial charge < -0.3 is 0 Å². The Balaban J connectivity index is 2.20. The van der Waals surface area contributed by atoms with Gasteiger partial charge in [-0.3, -0.25) is 4.68 Å². The van der Waals surface area contributed by atoms with Gasteiger partial charge in [0.1, 0.15) is 0 Å². The molecule has 0 radical (unpaired) electrons. The van der Waals surface area contributed by atoms with E-state index in [1.807, 2.05) is 16.8 Å². The van der Waals surface area contributed by atoms with E-state index in [2.05, 4.69) is 0 Å². The number of hydrogen-bond donors (Lipinski definition) is 0. The normalized spacial score (nSPS) is 15.0. The van der Waals surface area contributed by atoms with Gasteiger partial charge in [0.2, 0.25) is 4.77 Å². The molecule has 0 saturated heterocycles. The molecular formula is C13H14ClN3OS. The zero-order valence-corrected chi connectivity index (χ0v) is 12.0. The highest BCUT2D eigenvalue weighted by Crippen LogP contribution is 2.14. The zero-order valence-electron chi connectivity index (χ0n) is 10.4. The molecular weight excluding hydrogens is 282 g/mol. The van der Waals surface area contributed by atoms with E-state index in [0.717, 1.165) is 38.0 Å². The maximum Gasteiger partial charge on any atom is 0.349 e. The number of aromatic nitrogens is 3. The van der Waals surface area contributed by atoms with Gasteiger partial charge in [-0.25, -0.2) is 14.0 Å². The van der Waals surface area contributed by atoms with Crippen LogP contribution in [0.15, 0.2) is 29.1 Å². The lowest BCUT2D eigenvalue weighted by Crippen LogP contribution is -2.26. The minimum atomic E-state index is -0.0609. The first-order valence-corrected chi connectivity index (χ1v) is 7.16. The Kier molecular flexibility index (Phi) is 3.33. The highest BCUT2D eigenvalue weighted by atomic mass is 35.5. The third-order valence-electron chi connectivity index (χ3n) is 3.44. The Morgan fingerprint density at radius 2 is 1.63 bits per heavy atom. The molecule has 19 heavy (non-hydrogen) atoms. The van der Waals surface area contributed by atoms with Crippen LogP contribution in [-0.2, 0) is 13.1 Å². The van der Waals surface area contributed by atoms with Crippen LogP contribution >= 0.6 is 23.8 Å². The smallest absolute Gasteiger partial charge is 0.256 e. The van der Waals surface area contributed by atoms with Crippen molar-refractivity contribution in [1.82, 2.24) is 13.9 Å². The van der Waals surface area contributed by atoms with Crippen LogP contribution in [0.2, 0.25) is 5.02 Å². The summed E-state index contributed by atoms with van der Waals surface area (Å²) in [6.45, 7) is 1.55. The van der Waals surface area contributed by atoms with Gasteiger partial charge >= 0.3 is 5.69 Å². The summed E-state index contributed by atoms with van der Waals surface area (Å²) in [5.41, 5.74) is 0.710. The number of benzene rings is 1. The molecule has 4 nitrogen and oxygen atoms in total. The first-order chi connectivity index (χ1) is 9.18. The second kappa shape index (κ2) is 4.98. The summed E-state index contributed by atoms with van der Waals surface area (Å²) in [4.78, 5) is 12.5. The summed E-state index contributed by atoms with van der Waals surface area (Å²) in [7, 11) is 0. The maximum atomic E-state index is 12.5. The molecule has 0 spiro atoms. The molecule has 0 aliphatic carbocycles. The predicted molar refractivity (Wildman–Crippen MR) is 77.7 cm³/mol. The highest BCUT2D eigenvalue weighted by Gasteiger charge is 2.16. The third-order valence-corrected chi connectivity index (χ3v) is 4.09. The average molecular weight is 296 g/mol. The second-order valence-corrected chi connectivity index (χ2v) is 5.49. The quantitative estimate of drug-likeness (QED) is 0.758. The van der Waals surface area contributed by atoms with E-state index in [1.54, 1.807) is 21.4 Å². The highest BCUT2D eigenvalue weighted by molar-refractivity contribution is 7.71. The van der Waals surface area contributed by atoms with E-state index in [-0.39, 0.29) is 5.69 Å². The van der Waals surface area contributed by atoms with Crippen LogP contribution in [-0.4, -0.2) is 13.9 Å². The summed E-state index contributed by atoms with van der Waals surface area (Å²) in [6, 6.07) is 7.18. The SMILES string of the molecule is O=c1n(-c2ccc(Cl)cc2)c(=S)n2n1CCCCC2. The molecule has 0 amide bonds. The molecule has 0 fully saturated rings. The van der Waals surface area contributed by atoms with Gasteiger partial charge in [-0.1, -0.05) is 11.6 Å². The van der Waals surface area contributed by atoms with Crippen molar-refractivity contribution in [3.8, 4) is 5.69 Å². The van der Waals surface area contributed by atoms with Crippen molar-refractivity contribution in [3.63, 3.8) is 0 Å². The number of nitrogens with zero attached hydrogens (tertiary/aromatic N) is 3. The van der Waals surface area contributed by atoms with E-state index in [1.165, 1.54) is 0 Å². The van der Waals surface area contributed by atoms with Gasteiger partial charge in [0.05, 0.1) is 5.69 Å². The zero-order chi connectivity index (χ0) is 13.4. The molecule has 1 aromatic heterocycles. The molecule has 100 valence electrons. The summed E-state index contributed by atoms with van der Waals surface area (Å²) in [5, 5.41) is 0.649. The molecule has 1 aromatic carbocycles. The minimum absolute atomic E-state index is 0.0609. The molecule has 6 heteroatoms. The van der Waals surface area contributed by atoms with Crippen molar-refractivity contribution in [2.75, 3.05) is 0 Å².